The molecule has 0 bridgehead atoms. The summed E-state index contributed by atoms with van der Waals surface area (Å²) in [5, 5.41) is 11.1. The molecule has 2 N–H and O–H groups in total. The van der Waals surface area contributed by atoms with Crippen molar-refractivity contribution in [2.75, 3.05) is 12.4 Å². The van der Waals surface area contributed by atoms with Gasteiger partial charge in [-0.25, -0.2) is 9.97 Å². The molecule has 2 aromatic carbocycles. The first-order valence-electron chi connectivity index (χ1n) is 11.8. The summed E-state index contributed by atoms with van der Waals surface area (Å²) in [6.07, 6.45) is 6.86. The van der Waals surface area contributed by atoms with Gasteiger partial charge in [0, 0.05) is 29.4 Å². The molecule has 0 atom stereocenters. The number of aromatic nitrogens is 4. The molecule has 4 aromatic rings. The SMILES string of the molecule is COc1cc(C(=O)NC2Cc3ccccc3C2)ccc1Nc1ncc(Cl)c(-c2cnn(C(C)C)c2)n1. The van der Waals surface area contributed by atoms with Crippen molar-refractivity contribution in [3.63, 3.8) is 0 Å². The maximum Gasteiger partial charge on any atom is 0.251 e. The zero-order chi connectivity index (χ0) is 25.2. The molecule has 5 rings (SSSR count). The van der Waals surface area contributed by atoms with Crippen LogP contribution in [0.5, 0.6) is 5.75 Å². The highest BCUT2D eigenvalue weighted by Crippen LogP contribution is 2.31. The predicted octanol–water partition coefficient (Wildman–Crippen LogP) is 5.22. The lowest BCUT2D eigenvalue weighted by atomic mass is 10.1. The fourth-order valence-electron chi connectivity index (χ4n) is 4.36. The minimum Gasteiger partial charge on any atom is -0.495 e. The standard InChI is InChI=1S/C27H27ClN6O2/c1-16(2)34-15-20(13-30-34)25-22(28)14-29-27(33-25)32-23-9-8-19(12-24(23)36-3)26(35)31-21-10-17-6-4-5-7-18(17)11-21/h4-9,12-16,21H,10-11H2,1-3H3,(H,31,35)(H,29,32,33). The first-order chi connectivity index (χ1) is 17.4. The number of fused-ring (bicyclic) bond motifs is 1. The summed E-state index contributed by atoms with van der Waals surface area (Å²) < 4.78 is 7.41. The number of halogens is 1. The van der Waals surface area contributed by atoms with Gasteiger partial charge >= 0.3 is 0 Å². The van der Waals surface area contributed by atoms with Gasteiger partial charge in [0.2, 0.25) is 5.95 Å². The zero-order valence-electron chi connectivity index (χ0n) is 20.3. The van der Waals surface area contributed by atoms with Crippen LogP contribution in [0.15, 0.2) is 61.1 Å². The molecule has 2 aromatic heterocycles. The van der Waals surface area contributed by atoms with E-state index in [1.807, 2.05) is 36.9 Å². The second-order valence-corrected chi connectivity index (χ2v) is 9.49. The number of rotatable bonds is 7. The molecule has 0 saturated carbocycles. The van der Waals surface area contributed by atoms with Crippen molar-refractivity contribution in [3.05, 3.63) is 82.8 Å². The molecule has 0 saturated heterocycles. The van der Waals surface area contributed by atoms with Crippen LogP contribution in [-0.2, 0) is 12.8 Å². The van der Waals surface area contributed by atoms with Crippen molar-refractivity contribution >= 4 is 29.1 Å². The first kappa shape index (κ1) is 23.8. The van der Waals surface area contributed by atoms with Crippen LogP contribution in [-0.4, -0.2) is 38.8 Å². The molecule has 2 heterocycles. The van der Waals surface area contributed by atoms with Crippen molar-refractivity contribution in [2.45, 2.75) is 38.8 Å². The maximum atomic E-state index is 12.9. The van der Waals surface area contributed by atoms with Gasteiger partial charge in [0.05, 0.1) is 35.9 Å². The van der Waals surface area contributed by atoms with E-state index in [2.05, 4.69) is 37.8 Å². The Bertz CT molecular complexity index is 1390. The summed E-state index contributed by atoms with van der Waals surface area (Å²) in [4.78, 5) is 21.8. The van der Waals surface area contributed by atoms with Crippen molar-refractivity contribution in [3.8, 4) is 17.0 Å². The lowest BCUT2D eigenvalue weighted by Gasteiger charge is -2.15. The summed E-state index contributed by atoms with van der Waals surface area (Å²) >= 11 is 6.38. The molecule has 0 spiro atoms. The lowest BCUT2D eigenvalue weighted by molar-refractivity contribution is 0.0938. The van der Waals surface area contributed by atoms with Crippen LogP contribution < -0.4 is 15.4 Å². The molecule has 0 fully saturated rings. The number of methoxy groups -OCH3 is 1. The Morgan fingerprint density at radius 3 is 2.56 bits per heavy atom. The van der Waals surface area contributed by atoms with Gasteiger partial charge in [-0.3, -0.25) is 9.48 Å². The van der Waals surface area contributed by atoms with E-state index in [0.717, 1.165) is 18.4 Å². The molecule has 0 aliphatic heterocycles. The molecule has 1 aliphatic carbocycles. The average molecular weight is 503 g/mol. The van der Waals surface area contributed by atoms with E-state index in [0.29, 0.717) is 33.7 Å². The summed E-state index contributed by atoms with van der Waals surface area (Å²) in [5.41, 5.74) is 5.11. The Kier molecular flexibility index (Phi) is 6.61. The number of anilines is 2. The third-order valence-electron chi connectivity index (χ3n) is 6.24. The van der Waals surface area contributed by atoms with Gasteiger partial charge in [0.1, 0.15) is 5.75 Å². The first-order valence-corrected chi connectivity index (χ1v) is 12.2. The summed E-state index contributed by atoms with van der Waals surface area (Å²) in [7, 11) is 1.56. The molecule has 184 valence electrons. The fourth-order valence-corrected chi connectivity index (χ4v) is 4.56. The van der Waals surface area contributed by atoms with Crippen LogP contribution in [0.4, 0.5) is 11.6 Å². The van der Waals surface area contributed by atoms with Gasteiger partial charge < -0.3 is 15.4 Å². The van der Waals surface area contributed by atoms with Gasteiger partial charge in [0.15, 0.2) is 0 Å². The number of carbonyl (C=O) groups is 1. The normalized spacial score (nSPS) is 13.0. The molecule has 1 aliphatic rings. The van der Waals surface area contributed by atoms with Crippen LogP contribution in [0, 0.1) is 0 Å². The van der Waals surface area contributed by atoms with E-state index in [1.54, 1.807) is 37.7 Å². The van der Waals surface area contributed by atoms with Gasteiger partial charge in [-0.2, -0.15) is 5.10 Å². The number of hydrogen-bond donors (Lipinski definition) is 2. The Morgan fingerprint density at radius 2 is 1.89 bits per heavy atom. The summed E-state index contributed by atoms with van der Waals surface area (Å²) in [6, 6.07) is 13.9. The zero-order valence-corrected chi connectivity index (χ0v) is 21.1. The van der Waals surface area contributed by atoms with Crippen LogP contribution in [0.2, 0.25) is 5.02 Å². The van der Waals surface area contributed by atoms with E-state index >= 15 is 0 Å². The molecule has 0 radical (unpaired) electrons. The van der Waals surface area contributed by atoms with E-state index < -0.39 is 0 Å². The second-order valence-electron chi connectivity index (χ2n) is 9.08. The van der Waals surface area contributed by atoms with Crippen molar-refractivity contribution in [2.24, 2.45) is 0 Å². The topological polar surface area (TPSA) is 94.0 Å². The Balaban J connectivity index is 1.32. The van der Waals surface area contributed by atoms with E-state index in [4.69, 9.17) is 16.3 Å². The minimum atomic E-state index is -0.134. The third kappa shape index (κ3) is 4.90. The van der Waals surface area contributed by atoms with Gasteiger partial charge in [-0.1, -0.05) is 35.9 Å². The largest absolute Gasteiger partial charge is 0.495 e. The van der Waals surface area contributed by atoms with E-state index in [-0.39, 0.29) is 18.0 Å². The number of hydrogen-bond acceptors (Lipinski definition) is 6. The number of nitrogens with zero attached hydrogens (tertiary/aromatic N) is 4. The Morgan fingerprint density at radius 1 is 1.14 bits per heavy atom. The van der Waals surface area contributed by atoms with E-state index in [9.17, 15) is 4.79 Å². The summed E-state index contributed by atoms with van der Waals surface area (Å²) in [6.45, 7) is 4.10. The molecule has 1 amide bonds. The minimum absolute atomic E-state index is 0.0830. The van der Waals surface area contributed by atoms with Crippen LogP contribution in [0.1, 0.15) is 41.4 Å². The highest BCUT2D eigenvalue weighted by Gasteiger charge is 2.23. The molecule has 36 heavy (non-hydrogen) atoms. The van der Waals surface area contributed by atoms with Gasteiger partial charge in [-0.05, 0) is 56.0 Å². The van der Waals surface area contributed by atoms with E-state index in [1.165, 1.54) is 11.1 Å². The molecule has 0 unspecified atom stereocenters. The monoisotopic (exact) mass is 502 g/mol. The summed E-state index contributed by atoms with van der Waals surface area (Å²) in [5.74, 6) is 0.723. The number of ether oxygens (including phenoxy) is 1. The van der Waals surface area contributed by atoms with Gasteiger partial charge in [0.25, 0.3) is 5.91 Å². The highest BCUT2D eigenvalue weighted by atomic mass is 35.5. The number of benzene rings is 2. The maximum absolute atomic E-state index is 12.9. The smallest absolute Gasteiger partial charge is 0.251 e. The fraction of sp³-hybridized carbons (Fsp3) is 0.259. The number of amides is 1. The highest BCUT2D eigenvalue weighted by molar-refractivity contribution is 6.32. The van der Waals surface area contributed by atoms with Crippen molar-refractivity contribution in [1.82, 2.24) is 25.1 Å². The van der Waals surface area contributed by atoms with Crippen molar-refractivity contribution < 1.29 is 9.53 Å². The molecule has 8 nitrogen and oxygen atoms in total. The molecular weight excluding hydrogens is 476 g/mol. The molecule has 9 heteroatoms. The molecular formula is C27H27ClN6O2. The lowest BCUT2D eigenvalue weighted by Crippen LogP contribution is -2.35. The van der Waals surface area contributed by atoms with Crippen LogP contribution in [0.3, 0.4) is 0 Å². The van der Waals surface area contributed by atoms with Crippen LogP contribution in [0.25, 0.3) is 11.3 Å². The third-order valence-corrected chi connectivity index (χ3v) is 6.52. The number of carbonyl (C=O) groups excluding carboxylic acids is 1. The number of nitrogens with one attached hydrogen (secondary N) is 2. The Hall–Kier alpha value is -3.91. The van der Waals surface area contributed by atoms with Crippen molar-refractivity contribution in [1.29, 1.82) is 0 Å². The Labute approximate surface area is 214 Å². The average Bonchev–Trinajstić information content (AvgIpc) is 3.52. The quantitative estimate of drug-likeness (QED) is 0.359. The predicted molar refractivity (Wildman–Crippen MR) is 140 cm³/mol. The van der Waals surface area contributed by atoms with Gasteiger partial charge in [-0.15, -0.1) is 0 Å². The van der Waals surface area contributed by atoms with Crippen LogP contribution >= 0.6 is 11.6 Å². The second kappa shape index (κ2) is 9.99.